The molecular formula is C20H18FN6NiO4-. The third-order valence-corrected chi connectivity index (χ3v) is 4.58. The standard InChI is InChI=1S/C20H18FN6O4.Ni/c1-3-18(28)30-11-14-10-27(20(29)31-14)13-5-6-15(16(21)8-13)12-4-7-17(22-9-12)19-23-25-26(2)24-19;/h4-9,14H,1,3,10-11H2,2H3;/q-1;/t14-;/m1./s1. The molecule has 32 heavy (non-hydrogen) atoms. The van der Waals surface area contributed by atoms with Crippen molar-refractivity contribution < 1.29 is 39.9 Å². The molecule has 1 saturated heterocycles. The number of halogens is 1. The van der Waals surface area contributed by atoms with Gasteiger partial charge in [-0.15, -0.1) is 10.2 Å². The van der Waals surface area contributed by atoms with Crippen molar-refractivity contribution in [1.82, 2.24) is 25.2 Å². The number of esters is 1. The van der Waals surface area contributed by atoms with Crippen molar-refractivity contribution in [3.8, 4) is 22.6 Å². The minimum atomic E-state index is -0.634. The quantitative estimate of drug-likeness (QED) is 0.298. The molecule has 0 N–H and O–H groups in total. The van der Waals surface area contributed by atoms with Crippen LogP contribution in [0.25, 0.3) is 22.6 Å². The van der Waals surface area contributed by atoms with Gasteiger partial charge in [0.05, 0.1) is 19.3 Å². The monoisotopic (exact) mass is 483 g/mol. The van der Waals surface area contributed by atoms with Crippen LogP contribution >= 0.6 is 0 Å². The van der Waals surface area contributed by atoms with Crippen LogP contribution in [0.5, 0.6) is 0 Å². The van der Waals surface area contributed by atoms with Crippen molar-refractivity contribution in [1.29, 1.82) is 0 Å². The van der Waals surface area contributed by atoms with Gasteiger partial charge in [0.15, 0.2) is 6.10 Å². The number of amides is 1. The summed E-state index contributed by atoms with van der Waals surface area (Å²) in [6, 6.07) is 7.80. The Balaban J connectivity index is 0.00000289. The van der Waals surface area contributed by atoms with Crippen LogP contribution in [0.15, 0.2) is 36.5 Å². The number of rotatable bonds is 6. The van der Waals surface area contributed by atoms with Gasteiger partial charge >= 0.3 is 6.09 Å². The molecule has 1 aliphatic heterocycles. The zero-order chi connectivity index (χ0) is 22.0. The van der Waals surface area contributed by atoms with E-state index in [1.807, 2.05) is 0 Å². The second-order valence-electron chi connectivity index (χ2n) is 6.75. The Morgan fingerprint density at radius 1 is 1.34 bits per heavy atom. The number of carbonyl (C=O) groups is 2. The maximum atomic E-state index is 14.8. The first-order valence-electron chi connectivity index (χ1n) is 9.38. The van der Waals surface area contributed by atoms with Gasteiger partial charge in [-0.3, -0.25) is 14.7 Å². The fourth-order valence-electron chi connectivity index (χ4n) is 3.06. The molecule has 0 bridgehead atoms. The van der Waals surface area contributed by atoms with E-state index >= 15 is 0 Å². The summed E-state index contributed by atoms with van der Waals surface area (Å²) >= 11 is 0. The Bertz CT molecular complexity index is 1120. The summed E-state index contributed by atoms with van der Waals surface area (Å²) < 4.78 is 24.9. The summed E-state index contributed by atoms with van der Waals surface area (Å²) in [4.78, 5) is 30.2. The zero-order valence-electron chi connectivity index (χ0n) is 16.9. The van der Waals surface area contributed by atoms with Crippen LogP contribution in [-0.2, 0) is 37.8 Å². The molecule has 2 aromatic heterocycles. The van der Waals surface area contributed by atoms with E-state index in [0.717, 1.165) is 0 Å². The molecule has 1 aromatic carbocycles. The average molecular weight is 484 g/mol. The van der Waals surface area contributed by atoms with Crippen molar-refractivity contribution in [2.24, 2.45) is 7.05 Å². The van der Waals surface area contributed by atoms with E-state index in [1.165, 1.54) is 22.0 Å². The van der Waals surface area contributed by atoms with Gasteiger partial charge in [-0.05, 0) is 29.5 Å². The van der Waals surface area contributed by atoms with Crippen LogP contribution in [-0.4, -0.2) is 56.5 Å². The Morgan fingerprint density at radius 3 is 2.78 bits per heavy atom. The third-order valence-electron chi connectivity index (χ3n) is 4.58. The molecule has 0 aliphatic carbocycles. The minimum Gasteiger partial charge on any atom is -0.464 e. The number of anilines is 1. The van der Waals surface area contributed by atoms with Gasteiger partial charge in [0.2, 0.25) is 5.82 Å². The molecule has 170 valence electrons. The van der Waals surface area contributed by atoms with Crippen molar-refractivity contribution >= 4 is 17.7 Å². The molecule has 0 spiro atoms. The number of ether oxygens (including phenoxy) is 2. The van der Waals surface area contributed by atoms with Crippen LogP contribution in [0.4, 0.5) is 14.9 Å². The number of nitrogens with zero attached hydrogens (tertiary/aromatic N) is 6. The van der Waals surface area contributed by atoms with Gasteiger partial charge in [-0.1, -0.05) is 12.5 Å². The van der Waals surface area contributed by atoms with Gasteiger partial charge in [0.25, 0.3) is 5.97 Å². The molecule has 3 heterocycles. The molecule has 1 fully saturated rings. The summed E-state index contributed by atoms with van der Waals surface area (Å²) in [5, 5.41) is 11.7. The number of cyclic esters (lactones) is 1. The summed E-state index contributed by atoms with van der Waals surface area (Å²) in [6.07, 6.45) is 0.241. The third kappa shape index (κ3) is 4.91. The Morgan fingerprint density at radius 2 is 2.16 bits per heavy atom. The van der Waals surface area contributed by atoms with Gasteiger partial charge in [-0.2, -0.15) is 4.80 Å². The van der Waals surface area contributed by atoms with E-state index in [9.17, 15) is 14.0 Å². The number of benzene rings is 1. The molecule has 1 aliphatic rings. The Labute approximate surface area is 192 Å². The second-order valence-corrected chi connectivity index (χ2v) is 6.75. The molecule has 0 radical (unpaired) electrons. The molecule has 0 saturated carbocycles. The first-order chi connectivity index (χ1) is 14.9. The minimum absolute atomic E-state index is 0. The molecular weight excluding hydrogens is 466 g/mol. The number of carbonyl (C=O) groups excluding carboxylic acids is 2. The van der Waals surface area contributed by atoms with Gasteiger partial charge < -0.3 is 16.4 Å². The van der Waals surface area contributed by atoms with Crippen LogP contribution in [0.2, 0.25) is 0 Å². The van der Waals surface area contributed by atoms with Crippen LogP contribution < -0.4 is 4.90 Å². The number of hydrogen-bond acceptors (Lipinski definition) is 8. The first kappa shape index (κ1) is 23.3. The largest absolute Gasteiger partial charge is 0.464 e. The molecule has 4 rings (SSSR count). The van der Waals surface area contributed by atoms with E-state index in [4.69, 9.17) is 9.47 Å². The molecule has 0 unspecified atom stereocenters. The Hall–Kier alpha value is -3.40. The van der Waals surface area contributed by atoms with E-state index in [-0.39, 0.29) is 36.1 Å². The summed E-state index contributed by atoms with van der Waals surface area (Å²) in [7, 11) is 1.65. The predicted molar refractivity (Wildman–Crippen MR) is 106 cm³/mol. The van der Waals surface area contributed by atoms with Crippen molar-refractivity contribution in [2.75, 3.05) is 18.1 Å². The normalized spacial score (nSPS) is 15.3. The fourth-order valence-corrected chi connectivity index (χ4v) is 3.06. The second kappa shape index (κ2) is 9.82. The van der Waals surface area contributed by atoms with Gasteiger partial charge in [-0.25, -0.2) is 9.18 Å². The number of hydrogen-bond donors (Lipinski definition) is 0. The van der Waals surface area contributed by atoms with E-state index < -0.39 is 24.0 Å². The van der Waals surface area contributed by atoms with Crippen molar-refractivity contribution in [2.45, 2.75) is 12.5 Å². The maximum Gasteiger partial charge on any atom is 0.414 e. The average Bonchev–Trinajstić information content (AvgIpc) is 3.37. The molecule has 10 nitrogen and oxygen atoms in total. The van der Waals surface area contributed by atoms with Crippen LogP contribution in [0, 0.1) is 12.7 Å². The number of aryl methyl sites for hydroxylation is 1. The number of tetrazole rings is 1. The summed E-state index contributed by atoms with van der Waals surface area (Å²) in [5.74, 6) is -0.642. The summed E-state index contributed by atoms with van der Waals surface area (Å²) in [5.41, 5.74) is 1.73. The number of aromatic nitrogens is 5. The van der Waals surface area contributed by atoms with E-state index in [0.29, 0.717) is 28.3 Å². The van der Waals surface area contributed by atoms with Crippen molar-refractivity contribution in [3.05, 3.63) is 49.3 Å². The van der Waals surface area contributed by atoms with E-state index in [2.05, 4.69) is 27.3 Å². The molecule has 12 heteroatoms. The predicted octanol–water partition coefficient (Wildman–Crippen LogP) is 2.17. The molecule has 1 amide bonds. The fraction of sp³-hybridized carbons (Fsp3) is 0.250. The molecule has 3 aromatic rings. The van der Waals surface area contributed by atoms with E-state index in [1.54, 1.807) is 31.3 Å². The van der Waals surface area contributed by atoms with Crippen molar-refractivity contribution in [3.63, 3.8) is 0 Å². The number of pyridine rings is 1. The SMILES string of the molecule is [CH2-]CC(=O)OC[C@H]1CN(c2ccc(-c3ccc(-c4nnn(C)n4)nc3)c(F)c2)C(=O)O1.[Ni]. The van der Waals surface area contributed by atoms with Crippen LogP contribution in [0.3, 0.4) is 0 Å². The Kier molecular flexibility index (Phi) is 7.14. The smallest absolute Gasteiger partial charge is 0.414 e. The van der Waals surface area contributed by atoms with Crippen LogP contribution in [0.1, 0.15) is 6.42 Å². The van der Waals surface area contributed by atoms with Gasteiger partial charge in [0, 0.05) is 33.8 Å². The summed E-state index contributed by atoms with van der Waals surface area (Å²) in [6.45, 7) is 3.49. The first-order valence-corrected chi connectivity index (χ1v) is 9.38. The zero-order valence-corrected chi connectivity index (χ0v) is 17.9. The topological polar surface area (TPSA) is 112 Å². The van der Waals surface area contributed by atoms with Gasteiger partial charge in [0.1, 0.15) is 18.1 Å². The maximum absolute atomic E-state index is 14.8. The molecule has 1 atom stereocenters.